The number of hydrogen-bond acceptors (Lipinski definition) is 6. The number of hydrogen-bond donors (Lipinski definition) is 2. The lowest BCUT2D eigenvalue weighted by Gasteiger charge is -2.11. The van der Waals surface area contributed by atoms with Crippen LogP contribution in [0.5, 0.6) is 6.01 Å². The topological polar surface area (TPSA) is 80.2 Å². The summed E-state index contributed by atoms with van der Waals surface area (Å²) >= 11 is 5.74. The Kier molecular flexibility index (Phi) is 5.93. The molecule has 1 rings (SSSR count). The van der Waals surface area contributed by atoms with Gasteiger partial charge in [-0.25, -0.2) is 0 Å². The Bertz CT molecular complexity index is 351. The van der Waals surface area contributed by atoms with Crippen molar-refractivity contribution in [3.63, 3.8) is 0 Å². The van der Waals surface area contributed by atoms with Crippen LogP contribution in [0.15, 0.2) is 0 Å². The van der Waals surface area contributed by atoms with Crippen LogP contribution >= 0.6 is 11.6 Å². The zero-order valence-electron chi connectivity index (χ0n) is 9.98. The van der Waals surface area contributed by atoms with Crippen LogP contribution in [0.2, 0.25) is 5.28 Å². The highest BCUT2D eigenvalue weighted by atomic mass is 35.5. The molecule has 0 amide bonds. The molecule has 0 saturated carbocycles. The van der Waals surface area contributed by atoms with Gasteiger partial charge in [0.25, 0.3) is 0 Å². The molecule has 96 valence electrons. The lowest BCUT2D eigenvalue weighted by atomic mass is 10.1. The van der Waals surface area contributed by atoms with E-state index in [2.05, 4.69) is 20.3 Å². The van der Waals surface area contributed by atoms with E-state index in [1.807, 2.05) is 13.8 Å². The first-order valence-corrected chi connectivity index (χ1v) is 5.92. The third-order valence-corrected chi connectivity index (χ3v) is 2.26. The van der Waals surface area contributed by atoms with E-state index < -0.39 is 0 Å². The Morgan fingerprint density at radius 1 is 1.41 bits per heavy atom. The maximum Gasteiger partial charge on any atom is 0.322 e. The molecule has 0 spiro atoms. The Hall–Kier alpha value is -1.14. The lowest BCUT2D eigenvalue weighted by molar-refractivity contribution is 0.265. The van der Waals surface area contributed by atoms with Crippen LogP contribution in [-0.2, 0) is 0 Å². The van der Waals surface area contributed by atoms with Gasteiger partial charge in [-0.15, -0.1) is 0 Å². The molecule has 1 aromatic rings. The molecule has 1 heterocycles. The molecule has 0 aromatic carbocycles. The fraction of sp³-hybridized carbons (Fsp3) is 0.700. The summed E-state index contributed by atoms with van der Waals surface area (Å²) in [6.07, 6.45) is 0.726. The SMILES string of the molecule is CCOc1nc(Cl)nc(NCC(C)CCO)n1. The summed E-state index contributed by atoms with van der Waals surface area (Å²) in [5.74, 6) is 0.712. The first kappa shape index (κ1) is 13.9. The smallest absolute Gasteiger partial charge is 0.322 e. The highest BCUT2D eigenvalue weighted by Gasteiger charge is 2.07. The minimum absolute atomic E-state index is 0.0979. The number of aliphatic hydroxyl groups is 1. The van der Waals surface area contributed by atoms with Crippen molar-refractivity contribution in [1.82, 2.24) is 15.0 Å². The highest BCUT2D eigenvalue weighted by Crippen LogP contribution is 2.12. The fourth-order valence-corrected chi connectivity index (χ4v) is 1.34. The molecule has 1 unspecified atom stereocenters. The van der Waals surface area contributed by atoms with Gasteiger partial charge in [-0.2, -0.15) is 15.0 Å². The van der Waals surface area contributed by atoms with Crippen LogP contribution in [0.3, 0.4) is 0 Å². The molecule has 2 N–H and O–H groups in total. The van der Waals surface area contributed by atoms with Crippen LogP contribution in [0, 0.1) is 5.92 Å². The number of halogens is 1. The zero-order chi connectivity index (χ0) is 12.7. The van der Waals surface area contributed by atoms with E-state index in [9.17, 15) is 0 Å². The highest BCUT2D eigenvalue weighted by molar-refractivity contribution is 6.28. The van der Waals surface area contributed by atoms with Crippen LogP contribution < -0.4 is 10.1 Å². The van der Waals surface area contributed by atoms with Crippen LogP contribution in [-0.4, -0.2) is 39.8 Å². The van der Waals surface area contributed by atoms with Gasteiger partial charge in [0.1, 0.15) is 0 Å². The number of anilines is 1. The van der Waals surface area contributed by atoms with Crippen molar-refractivity contribution in [2.24, 2.45) is 5.92 Å². The van der Waals surface area contributed by atoms with E-state index in [1.54, 1.807) is 0 Å². The van der Waals surface area contributed by atoms with E-state index in [4.69, 9.17) is 21.4 Å². The number of nitrogens with zero attached hydrogens (tertiary/aromatic N) is 3. The van der Waals surface area contributed by atoms with Gasteiger partial charge < -0.3 is 15.2 Å². The maximum absolute atomic E-state index is 8.78. The number of rotatable bonds is 7. The molecular formula is C10H17ClN4O2. The molecule has 1 atom stereocenters. The van der Waals surface area contributed by atoms with E-state index in [0.29, 0.717) is 25.0 Å². The summed E-state index contributed by atoms with van der Waals surface area (Å²) < 4.78 is 5.15. The molecular weight excluding hydrogens is 244 g/mol. The molecule has 0 aliphatic carbocycles. The molecule has 0 aliphatic rings. The summed E-state index contributed by atoms with van der Waals surface area (Å²) in [5.41, 5.74) is 0. The van der Waals surface area contributed by atoms with Crippen LogP contribution in [0.4, 0.5) is 5.95 Å². The summed E-state index contributed by atoms with van der Waals surface area (Å²) in [5, 5.41) is 11.9. The van der Waals surface area contributed by atoms with Gasteiger partial charge in [-0.1, -0.05) is 6.92 Å². The molecule has 0 radical (unpaired) electrons. The Balaban J connectivity index is 2.57. The zero-order valence-corrected chi connectivity index (χ0v) is 10.7. The van der Waals surface area contributed by atoms with Gasteiger partial charge in [0.05, 0.1) is 6.61 Å². The summed E-state index contributed by atoms with van der Waals surface area (Å²) in [4.78, 5) is 11.8. The second-order valence-corrected chi connectivity index (χ2v) is 3.98. The van der Waals surface area contributed by atoms with Gasteiger partial charge in [-0.3, -0.25) is 0 Å². The Morgan fingerprint density at radius 3 is 2.82 bits per heavy atom. The van der Waals surface area contributed by atoms with Crippen molar-refractivity contribution >= 4 is 17.5 Å². The van der Waals surface area contributed by atoms with Gasteiger partial charge in [0.15, 0.2) is 0 Å². The first-order valence-electron chi connectivity index (χ1n) is 5.54. The predicted octanol–water partition coefficient (Wildman–Crippen LogP) is 1.35. The molecule has 0 fully saturated rings. The van der Waals surface area contributed by atoms with E-state index in [0.717, 1.165) is 6.42 Å². The minimum atomic E-state index is 0.0979. The first-order chi connectivity index (χ1) is 8.15. The van der Waals surface area contributed by atoms with Crippen LogP contribution in [0.25, 0.3) is 0 Å². The Morgan fingerprint density at radius 2 is 2.18 bits per heavy atom. The molecule has 0 bridgehead atoms. The monoisotopic (exact) mass is 260 g/mol. The Labute approximate surface area is 105 Å². The summed E-state index contributed by atoms with van der Waals surface area (Å²) in [6, 6.07) is 0.213. The average Bonchev–Trinajstić information content (AvgIpc) is 2.26. The van der Waals surface area contributed by atoms with Crippen molar-refractivity contribution in [1.29, 1.82) is 0 Å². The third-order valence-electron chi connectivity index (χ3n) is 2.09. The third kappa shape index (κ3) is 5.14. The molecule has 17 heavy (non-hydrogen) atoms. The van der Waals surface area contributed by atoms with Gasteiger partial charge in [-0.05, 0) is 30.9 Å². The molecule has 1 aromatic heterocycles. The average molecular weight is 261 g/mol. The van der Waals surface area contributed by atoms with E-state index in [1.165, 1.54) is 0 Å². The molecule has 0 saturated heterocycles. The summed E-state index contributed by atoms with van der Waals surface area (Å²) in [7, 11) is 0. The number of aromatic nitrogens is 3. The maximum atomic E-state index is 8.78. The van der Waals surface area contributed by atoms with Gasteiger partial charge in [0.2, 0.25) is 11.2 Å². The number of aliphatic hydroxyl groups excluding tert-OH is 1. The summed E-state index contributed by atoms with van der Waals surface area (Å²) in [6.45, 7) is 5.17. The van der Waals surface area contributed by atoms with Crippen molar-refractivity contribution in [2.75, 3.05) is 25.1 Å². The minimum Gasteiger partial charge on any atom is -0.464 e. The second-order valence-electron chi connectivity index (χ2n) is 3.64. The van der Waals surface area contributed by atoms with Crippen molar-refractivity contribution in [3.05, 3.63) is 5.28 Å². The van der Waals surface area contributed by atoms with Crippen molar-refractivity contribution in [3.8, 4) is 6.01 Å². The quantitative estimate of drug-likeness (QED) is 0.770. The number of nitrogens with one attached hydrogen (secondary N) is 1. The standard InChI is InChI=1S/C10H17ClN4O2/c1-3-17-10-14-8(11)13-9(15-10)12-6-7(2)4-5-16/h7,16H,3-6H2,1-2H3,(H,12,13,14,15). The number of ether oxygens (including phenoxy) is 1. The lowest BCUT2D eigenvalue weighted by Crippen LogP contribution is -2.15. The predicted molar refractivity (Wildman–Crippen MR) is 65.4 cm³/mol. The largest absolute Gasteiger partial charge is 0.464 e. The molecule has 6 nitrogen and oxygen atoms in total. The van der Waals surface area contributed by atoms with Gasteiger partial charge >= 0.3 is 6.01 Å². The van der Waals surface area contributed by atoms with E-state index in [-0.39, 0.29) is 17.9 Å². The van der Waals surface area contributed by atoms with Crippen molar-refractivity contribution in [2.45, 2.75) is 20.3 Å². The van der Waals surface area contributed by atoms with Crippen molar-refractivity contribution < 1.29 is 9.84 Å². The van der Waals surface area contributed by atoms with Crippen LogP contribution in [0.1, 0.15) is 20.3 Å². The normalized spacial score (nSPS) is 12.2. The molecule has 7 heteroatoms. The van der Waals surface area contributed by atoms with E-state index >= 15 is 0 Å². The fourth-order valence-electron chi connectivity index (χ4n) is 1.19. The second kappa shape index (κ2) is 7.24. The van der Waals surface area contributed by atoms with Gasteiger partial charge in [0, 0.05) is 13.2 Å². The molecule has 0 aliphatic heterocycles.